The largest absolute Gasteiger partial charge is 0.479 e. The molecule has 0 spiro atoms. The van der Waals surface area contributed by atoms with E-state index in [1.54, 1.807) is 12.1 Å². The Labute approximate surface area is 112 Å². The van der Waals surface area contributed by atoms with Crippen molar-refractivity contribution in [2.75, 3.05) is 19.7 Å². The zero-order valence-corrected chi connectivity index (χ0v) is 11.0. The number of aromatic nitrogens is 1. The number of carbonyl (C=O) groups excluding carboxylic acids is 1. The highest BCUT2D eigenvalue weighted by atomic mass is 79.9. The molecule has 0 aromatic carbocycles. The van der Waals surface area contributed by atoms with Gasteiger partial charge < -0.3 is 14.7 Å². The third-order valence-corrected chi connectivity index (χ3v) is 3.04. The van der Waals surface area contributed by atoms with E-state index in [9.17, 15) is 9.59 Å². The summed E-state index contributed by atoms with van der Waals surface area (Å²) in [6.07, 6.45) is 0.570. The molecule has 1 N–H and O–H groups in total. The number of morpholine rings is 1. The summed E-state index contributed by atoms with van der Waals surface area (Å²) < 4.78 is 5.84. The molecule has 0 saturated carbocycles. The third kappa shape index (κ3) is 2.85. The van der Waals surface area contributed by atoms with Gasteiger partial charge in [-0.25, -0.2) is 9.78 Å². The van der Waals surface area contributed by atoms with E-state index in [2.05, 4.69) is 20.9 Å². The number of carboxylic acid groups (broad SMARTS) is 1. The maximum Gasteiger partial charge on any atom is 0.334 e. The van der Waals surface area contributed by atoms with Crippen molar-refractivity contribution in [2.45, 2.75) is 6.10 Å². The monoisotopic (exact) mass is 314 g/mol. The van der Waals surface area contributed by atoms with Gasteiger partial charge >= 0.3 is 5.97 Å². The zero-order valence-electron chi connectivity index (χ0n) is 9.38. The molecule has 0 bridgehead atoms. The molecular formula is C11H11BrN2O4. The molecule has 0 aliphatic carbocycles. The number of nitrogens with zero attached hydrogens (tertiary/aromatic N) is 2. The quantitative estimate of drug-likeness (QED) is 0.872. The van der Waals surface area contributed by atoms with Gasteiger partial charge in [0.15, 0.2) is 6.10 Å². The zero-order chi connectivity index (χ0) is 13.1. The SMILES string of the molecule is O=C(O)[C@@H]1CN(C(=O)c2ccc(Br)cn2)CCO1. The van der Waals surface area contributed by atoms with Crippen molar-refractivity contribution in [1.82, 2.24) is 9.88 Å². The summed E-state index contributed by atoms with van der Waals surface area (Å²) in [4.78, 5) is 28.3. The van der Waals surface area contributed by atoms with E-state index in [-0.39, 0.29) is 19.1 Å². The second-order valence-corrected chi connectivity index (χ2v) is 4.73. The van der Waals surface area contributed by atoms with Crippen LogP contribution in [-0.2, 0) is 9.53 Å². The van der Waals surface area contributed by atoms with Crippen LogP contribution in [0, 0.1) is 0 Å². The fraction of sp³-hybridized carbons (Fsp3) is 0.364. The molecule has 0 radical (unpaired) electrons. The van der Waals surface area contributed by atoms with Crippen molar-refractivity contribution in [1.29, 1.82) is 0 Å². The average molecular weight is 315 g/mol. The topological polar surface area (TPSA) is 79.7 Å². The number of hydrogen-bond donors (Lipinski definition) is 1. The van der Waals surface area contributed by atoms with Crippen LogP contribution in [-0.4, -0.2) is 52.7 Å². The van der Waals surface area contributed by atoms with Crippen LogP contribution in [0.3, 0.4) is 0 Å². The van der Waals surface area contributed by atoms with Crippen LogP contribution in [0.2, 0.25) is 0 Å². The summed E-state index contributed by atoms with van der Waals surface area (Å²) in [7, 11) is 0. The lowest BCUT2D eigenvalue weighted by Gasteiger charge is -2.30. The van der Waals surface area contributed by atoms with Gasteiger partial charge in [0.05, 0.1) is 13.2 Å². The highest BCUT2D eigenvalue weighted by Gasteiger charge is 2.29. The van der Waals surface area contributed by atoms with Crippen molar-refractivity contribution < 1.29 is 19.4 Å². The molecule has 6 nitrogen and oxygen atoms in total. The van der Waals surface area contributed by atoms with Crippen LogP contribution in [0.15, 0.2) is 22.8 Å². The van der Waals surface area contributed by atoms with E-state index < -0.39 is 12.1 Å². The van der Waals surface area contributed by atoms with Crippen LogP contribution >= 0.6 is 15.9 Å². The number of rotatable bonds is 2. The molecule has 96 valence electrons. The van der Waals surface area contributed by atoms with Gasteiger partial charge in [-0.3, -0.25) is 4.79 Å². The smallest absolute Gasteiger partial charge is 0.334 e. The average Bonchev–Trinajstić information content (AvgIpc) is 2.39. The van der Waals surface area contributed by atoms with Crippen molar-refractivity contribution in [2.24, 2.45) is 0 Å². The number of aliphatic carboxylic acids is 1. The molecule has 1 aliphatic heterocycles. The van der Waals surface area contributed by atoms with Crippen LogP contribution in [0.4, 0.5) is 0 Å². The Morgan fingerprint density at radius 3 is 2.89 bits per heavy atom. The fourth-order valence-corrected chi connectivity index (χ4v) is 1.88. The number of ether oxygens (including phenoxy) is 1. The Balaban J connectivity index is 2.09. The van der Waals surface area contributed by atoms with Crippen LogP contribution in [0.5, 0.6) is 0 Å². The maximum atomic E-state index is 12.1. The van der Waals surface area contributed by atoms with Crippen LogP contribution < -0.4 is 0 Å². The van der Waals surface area contributed by atoms with Gasteiger partial charge in [0, 0.05) is 17.2 Å². The second-order valence-electron chi connectivity index (χ2n) is 3.81. The predicted molar refractivity (Wildman–Crippen MR) is 65.2 cm³/mol. The molecule has 1 aromatic heterocycles. The first-order valence-corrected chi connectivity index (χ1v) is 6.12. The molecule has 18 heavy (non-hydrogen) atoms. The van der Waals surface area contributed by atoms with Crippen molar-refractivity contribution in [3.05, 3.63) is 28.5 Å². The summed E-state index contributed by atoms with van der Waals surface area (Å²) in [5.41, 5.74) is 0.296. The molecule has 1 saturated heterocycles. The Bertz CT molecular complexity index is 463. The van der Waals surface area contributed by atoms with Gasteiger partial charge in [-0.15, -0.1) is 0 Å². The molecule has 1 fully saturated rings. The van der Waals surface area contributed by atoms with Crippen molar-refractivity contribution in [3.8, 4) is 0 Å². The van der Waals surface area contributed by atoms with Crippen LogP contribution in [0.25, 0.3) is 0 Å². The van der Waals surface area contributed by atoms with Gasteiger partial charge in [-0.05, 0) is 28.1 Å². The molecular weight excluding hydrogens is 304 g/mol. The summed E-state index contributed by atoms with van der Waals surface area (Å²) in [5, 5.41) is 8.86. The molecule has 7 heteroatoms. The third-order valence-electron chi connectivity index (χ3n) is 2.58. The number of halogens is 1. The maximum absolute atomic E-state index is 12.1. The Morgan fingerprint density at radius 2 is 2.28 bits per heavy atom. The minimum atomic E-state index is -1.06. The van der Waals surface area contributed by atoms with Gasteiger partial charge in [0.1, 0.15) is 5.69 Å². The van der Waals surface area contributed by atoms with E-state index in [4.69, 9.17) is 9.84 Å². The number of amides is 1. The minimum absolute atomic E-state index is 0.0475. The second kappa shape index (κ2) is 5.45. The summed E-state index contributed by atoms with van der Waals surface area (Å²) in [6, 6.07) is 3.31. The van der Waals surface area contributed by atoms with Crippen molar-refractivity contribution >= 4 is 27.8 Å². The number of carboxylic acids is 1. The summed E-state index contributed by atoms with van der Waals surface area (Å²) in [5.74, 6) is -1.34. The first kappa shape index (κ1) is 13.0. The predicted octanol–water partition coefficient (Wildman–Crippen LogP) is 0.770. The Hall–Kier alpha value is -1.47. The molecule has 2 heterocycles. The van der Waals surface area contributed by atoms with Gasteiger partial charge in [-0.2, -0.15) is 0 Å². The molecule has 1 amide bonds. The van der Waals surface area contributed by atoms with Crippen LogP contribution in [0.1, 0.15) is 10.5 Å². The van der Waals surface area contributed by atoms with Gasteiger partial charge in [-0.1, -0.05) is 0 Å². The standard InChI is InChI=1S/C11H11BrN2O4/c12-7-1-2-8(13-5-7)10(15)14-3-4-18-9(6-14)11(16)17/h1-2,5,9H,3-4,6H2,(H,16,17)/t9-/m0/s1. The van der Waals surface area contributed by atoms with E-state index in [1.165, 1.54) is 11.1 Å². The fourth-order valence-electron chi connectivity index (χ4n) is 1.65. The first-order chi connectivity index (χ1) is 8.58. The highest BCUT2D eigenvalue weighted by molar-refractivity contribution is 9.10. The molecule has 0 unspecified atom stereocenters. The lowest BCUT2D eigenvalue weighted by molar-refractivity contribution is -0.154. The van der Waals surface area contributed by atoms with Crippen molar-refractivity contribution in [3.63, 3.8) is 0 Å². The summed E-state index contributed by atoms with van der Waals surface area (Å²) in [6.45, 7) is 0.644. The number of hydrogen-bond acceptors (Lipinski definition) is 4. The number of pyridine rings is 1. The molecule has 2 rings (SSSR count). The lowest BCUT2D eigenvalue weighted by Crippen LogP contribution is -2.48. The Kier molecular flexibility index (Phi) is 3.93. The summed E-state index contributed by atoms with van der Waals surface area (Å²) >= 11 is 3.23. The minimum Gasteiger partial charge on any atom is -0.479 e. The first-order valence-electron chi connectivity index (χ1n) is 5.33. The lowest BCUT2D eigenvalue weighted by atomic mass is 10.2. The van der Waals surface area contributed by atoms with E-state index in [0.717, 1.165) is 4.47 Å². The Morgan fingerprint density at radius 1 is 1.50 bits per heavy atom. The normalized spacial score (nSPS) is 19.6. The van der Waals surface area contributed by atoms with E-state index >= 15 is 0 Å². The van der Waals surface area contributed by atoms with E-state index in [1.807, 2.05) is 0 Å². The van der Waals surface area contributed by atoms with E-state index in [0.29, 0.717) is 12.2 Å². The number of carbonyl (C=O) groups is 2. The van der Waals surface area contributed by atoms with Gasteiger partial charge in [0.2, 0.25) is 0 Å². The molecule has 1 aliphatic rings. The highest BCUT2D eigenvalue weighted by Crippen LogP contribution is 2.12. The van der Waals surface area contributed by atoms with Gasteiger partial charge in [0.25, 0.3) is 5.91 Å². The molecule has 1 atom stereocenters. The molecule has 1 aromatic rings.